The first-order valence-electron chi connectivity index (χ1n) is 7.22. The number of primary amides is 1. The second-order valence-electron chi connectivity index (χ2n) is 5.14. The third-order valence-corrected chi connectivity index (χ3v) is 3.42. The van der Waals surface area contributed by atoms with E-state index < -0.39 is 0 Å². The van der Waals surface area contributed by atoms with Crippen LogP contribution >= 0.6 is 0 Å². The molecule has 0 radical (unpaired) electrons. The SMILES string of the molecule is COc1ccccc1CCN(C)CCCCCC(N)=O. The van der Waals surface area contributed by atoms with E-state index in [0.717, 1.165) is 44.5 Å². The van der Waals surface area contributed by atoms with Crippen molar-refractivity contribution in [3.63, 3.8) is 0 Å². The summed E-state index contributed by atoms with van der Waals surface area (Å²) in [5, 5.41) is 0. The van der Waals surface area contributed by atoms with Gasteiger partial charge in [0.25, 0.3) is 0 Å². The topological polar surface area (TPSA) is 55.6 Å². The summed E-state index contributed by atoms with van der Waals surface area (Å²) in [6, 6.07) is 8.14. The number of likely N-dealkylation sites (N-methyl/N-ethyl adjacent to an activating group) is 1. The van der Waals surface area contributed by atoms with Crippen LogP contribution in [0.25, 0.3) is 0 Å². The summed E-state index contributed by atoms with van der Waals surface area (Å²) in [4.78, 5) is 12.9. The number of carbonyl (C=O) groups is 1. The van der Waals surface area contributed by atoms with E-state index in [1.165, 1.54) is 5.56 Å². The fourth-order valence-corrected chi connectivity index (χ4v) is 2.19. The zero-order valence-corrected chi connectivity index (χ0v) is 12.6. The molecule has 0 aliphatic heterocycles. The van der Waals surface area contributed by atoms with Crippen LogP contribution in [0.1, 0.15) is 31.2 Å². The molecule has 0 spiro atoms. The first kappa shape index (κ1) is 16.5. The fraction of sp³-hybridized carbons (Fsp3) is 0.562. The second kappa shape index (κ2) is 9.37. The van der Waals surface area contributed by atoms with Gasteiger partial charge in [-0.3, -0.25) is 4.79 Å². The molecule has 0 atom stereocenters. The molecule has 4 nitrogen and oxygen atoms in total. The van der Waals surface area contributed by atoms with Crippen molar-refractivity contribution >= 4 is 5.91 Å². The van der Waals surface area contributed by atoms with Gasteiger partial charge in [-0.15, -0.1) is 0 Å². The summed E-state index contributed by atoms with van der Waals surface area (Å²) in [5.74, 6) is 0.761. The lowest BCUT2D eigenvalue weighted by Crippen LogP contribution is -2.22. The minimum Gasteiger partial charge on any atom is -0.496 e. The van der Waals surface area contributed by atoms with Crippen molar-refractivity contribution in [2.24, 2.45) is 5.73 Å². The second-order valence-corrected chi connectivity index (χ2v) is 5.14. The Bertz CT molecular complexity index is 407. The number of nitrogens with two attached hydrogens (primary N) is 1. The van der Waals surface area contributed by atoms with E-state index in [9.17, 15) is 4.79 Å². The summed E-state index contributed by atoms with van der Waals surface area (Å²) < 4.78 is 5.35. The lowest BCUT2D eigenvalue weighted by molar-refractivity contribution is -0.118. The molecule has 0 saturated carbocycles. The molecule has 0 heterocycles. The van der Waals surface area contributed by atoms with Gasteiger partial charge in [-0.2, -0.15) is 0 Å². The number of methoxy groups -OCH3 is 1. The third-order valence-electron chi connectivity index (χ3n) is 3.42. The largest absolute Gasteiger partial charge is 0.496 e. The highest BCUT2D eigenvalue weighted by Gasteiger charge is 2.04. The zero-order valence-electron chi connectivity index (χ0n) is 12.6. The monoisotopic (exact) mass is 278 g/mol. The Morgan fingerprint density at radius 1 is 1.20 bits per heavy atom. The highest BCUT2D eigenvalue weighted by molar-refractivity contribution is 5.73. The smallest absolute Gasteiger partial charge is 0.217 e. The van der Waals surface area contributed by atoms with Gasteiger partial charge >= 0.3 is 0 Å². The number of benzene rings is 1. The van der Waals surface area contributed by atoms with Gasteiger partial charge in [0.05, 0.1) is 7.11 Å². The van der Waals surface area contributed by atoms with Crippen LogP contribution in [-0.2, 0) is 11.2 Å². The normalized spacial score (nSPS) is 10.8. The van der Waals surface area contributed by atoms with Crippen molar-refractivity contribution in [3.8, 4) is 5.75 Å². The molecule has 1 aromatic carbocycles. The number of hydrogen-bond donors (Lipinski definition) is 1. The van der Waals surface area contributed by atoms with Crippen LogP contribution in [0.3, 0.4) is 0 Å². The fourth-order valence-electron chi connectivity index (χ4n) is 2.19. The molecule has 0 saturated heterocycles. The number of amides is 1. The van der Waals surface area contributed by atoms with Gasteiger partial charge in [0.15, 0.2) is 0 Å². The molecule has 0 aromatic heterocycles. The van der Waals surface area contributed by atoms with E-state index in [1.54, 1.807) is 7.11 Å². The maximum atomic E-state index is 10.6. The Labute approximate surface area is 121 Å². The van der Waals surface area contributed by atoms with Crippen LogP contribution in [0.2, 0.25) is 0 Å². The number of hydrogen-bond acceptors (Lipinski definition) is 3. The van der Waals surface area contributed by atoms with Gasteiger partial charge in [0.2, 0.25) is 5.91 Å². The molecule has 1 aromatic rings. The highest BCUT2D eigenvalue weighted by Crippen LogP contribution is 2.17. The van der Waals surface area contributed by atoms with E-state index in [0.29, 0.717) is 6.42 Å². The van der Waals surface area contributed by atoms with Crippen molar-refractivity contribution in [3.05, 3.63) is 29.8 Å². The molecule has 2 N–H and O–H groups in total. The van der Waals surface area contributed by atoms with Crippen molar-refractivity contribution in [2.75, 3.05) is 27.2 Å². The van der Waals surface area contributed by atoms with Crippen LogP contribution in [0.15, 0.2) is 24.3 Å². The molecule has 0 aliphatic carbocycles. The number of unbranched alkanes of at least 4 members (excludes halogenated alkanes) is 2. The quantitative estimate of drug-likeness (QED) is 0.668. The van der Waals surface area contributed by atoms with Crippen LogP contribution in [-0.4, -0.2) is 38.1 Å². The molecule has 1 amide bonds. The van der Waals surface area contributed by atoms with Gasteiger partial charge in [-0.1, -0.05) is 24.6 Å². The average molecular weight is 278 g/mol. The van der Waals surface area contributed by atoms with Crippen molar-refractivity contribution in [2.45, 2.75) is 32.1 Å². The Kier molecular flexibility index (Phi) is 7.73. The maximum Gasteiger partial charge on any atom is 0.217 e. The number of rotatable bonds is 10. The standard InChI is InChI=1S/C16H26N2O2/c1-18(12-7-3-4-10-16(17)19)13-11-14-8-5-6-9-15(14)20-2/h5-6,8-9H,3-4,7,10-13H2,1-2H3,(H2,17,19). The van der Waals surface area contributed by atoms with Gasteiger partial charge in [-0.05, 0) is 44.5 Å². The molecular weight excluding hydrogens is 252 g/mol. The highest BCUT2D eigenvalue weighted by atomic mass is 16.5. The maximum absolute atomic E-state index is 10.6. The van der Waals surface area contributed by atoms with E-state index in [-0.39, 0.29) is 5.91 Å². The summed E-state index contributed by atoms with van der Waals surface area (Å²) in [6.07, 6.45) is 4.56. The minimum absolute atomic E-state index is 0.200. The van der Waals surface area contributed by atoms with Crippen LogP contribution in [0, 0.1) is 0 Å². The Hall–Kier alpha value is -1.55. The predicted octanol–water partition coefficient (Wildman–Crippen LogP) is 2.22. The number of ether oxygens (including phenoxy) is 1. The predicted molar refractivity (Wildman–Crippen MR) is 81.9 cm³/mol. The molecule has 20 heavy (non-hydrogen) atoms. The zero-order chi connectivity index (χ0) is 14.8. The van der Waals surface area contributed by atoms with Gasteiger partial charge in [0.1, 0.15) is 5.75 Å². The minimum atomic E-state index is -0.200. The summed E-state index contributed by atoms with van der Waals surface area (Å²) in [7, 11) is 3.84. The van der Waals surface area contributed by atoms with Crippen molar-refractivity contribution < 1.29 is 9.53 Å². The molecule has 0 bridgehead atoms. The molecular formula is C16H26N2O2. The number of carbonyl (C=O) groups excluding carboxylic acids is 1. The van der Waals surface area contributed by atoms with Gasteiger partial charge in [0, 0.05) is 13.0 Å². The molecule has 0 fully saturated rings. The molecule has 0 aliphatic rings. The molecule has 0 unspecified atom stereocenters. The van der Waals surface area contributed by atoms with Crippen LogP contribution in [0.4, 0.5) is 0 Å². The van der Waals surface area contributed by atoms with E-state index in [1.807, 2.05) is 18.2 Å². The number of para-hydroxylation sites is 1. The number of nitrogens with zero attached hydrogens (tertiary/aromatic N) is 1. The molecule has 4 heteroatoms. The first-order valence-corrected chi connectivity index (χ1v) is 7.22. The summed E-state index contributed by atoms with van der Waals surface area (Å²) in [6.45, 7) is 2.06. The molecule has 112 valence electrons. The Balaban J connectivity index is 2.19. The van der Waals surface area contributed by atoms with Gasteiger partial charge < -0.3 is 15.4 Å². The molecule has 1 rings (SSSR count). The summed E-state index contributed by atoms with van der Waals surface area (Å²) in [5.41, 5.74) is 6.36. The lowest BCUT2D eigenvalue weighted by Gasteiger charge is -2.17. The van der Waals surface area contributed by atoms with Crippen molar-refractivity contribution in [1.82, 2.24) is 4.90 Å². The average Bonchev–Trinajstić information content (AvgIpc) is 2.44. The van der Waals surface area contributed by atoms with Crippen molar-refractivity contribution in [1.29, 1.82) is 0 Å². The lowest BCUT2D eigenvalue weighted by atomic mass is 10.1. The van der Waals surface area contributed by atoms with Crippen LogP contribution < -0.4 is 10.5 Å². The van der Waals surface area contributed by atoms with E-state index >= 15 is 0 Å². The summed E-state index contributed by atoms with van der Waals surface area (Å²) >= 11 is 0. The van der Waals surface area contributed by atoms with Gasteiger partial charge in [-0.25, -0.2) is 0 Å². The Morgan fingerprint density at radius 2 is 1.95 bits per heavy atom. The van der Waals surface area contributed by atoms with E-state index in [2.05, 4.69) is 18.0 Å². The Morgan fingerprint density at radius 3 is 2.65 bits per heavy atom. The van der Waals surface area contributed by atoms with E-state index in [4.69, 9.17) is 10.5 Å². The van der Waals surface area contributed by atoms with Crippen LogP contribution in [0.5, 0.6) is 5.75 Å². The first-order chi connectivity index (χ1) is 9.63. The third kappa shape index (κ3) is 6.57.